The smallest absolute Gasteiger partial charge is 0.291 e. The van der Waals surface area contributed by atoms with Gasteiger partial charge in [0.25, 0.3) is 18.0 Å². The second-order valence-corrected chi connectivity index (χ2v) is 9.06. The fourth-order valence-electron chi connectivity index (χ4n) is 4.58. The molecule has 0 bridgehead atoms. The normalized spacial score (nSPS) is 13.5. The molecule has 0 aliphatic carbocycles. The van der Waals surface area contributed by atoms with Crippen LogP contribution in [0, 0.1) is 5.82 Å². The van der Waals surface area contributed by atoms with Crippen molar-refractivity contribution in [3.63, 3.8) is 0 Å². The van der Waals surface area contributed by atoms with Gasteiger partial charge in [-0.15, -0.1) is 0 Å². The number of rotatable bonds is 7. The summed E-state index contributed by atoms with van der Waals surface area (Å²) >= 11 is 0. The molecule has 1 saturated heterocycles. The molecule has 0 atom stereocenters. The zero-order valence-corrected chi connectivity index (χ0v) is 21.7. The first kappa shape index (κ1) is 25.2. The number of hydrogen-bond donors (Lipinski definition) is 0. The molecule has 0 saturated carbocycles. The van der Waals surface area contributed by atoms with Crippen molar-refractivity contribution in [2.45, 2.75) is 6.54 Å². The molecule has 0 spiro atoms. The SMILES string of the molecule is COc1cc(-c2cc(-c3ccccc3)n(CC(=O)N3CCN(c4cc(OC)[n+](C)cn4)CC3)n2)ccc1F. The van der Waals surface area contributed by atoms with E-state index in [0.717, 1.165) is 23.0 Å². The van der Waals surface area contributed by atoms with Crippen molar-refractivity contribution in [1.82, 2.24) is 19.7 Å². The maximum atomic E-state index is 14.0. The van der Waals surface area contributed by atoms with Crippen LogP contribution in [0.15, 0.2) is 67.0 Å². The van der Waals surface area contributed by atoms with E-state index in [4.69, 9.17) is 14.6 Å². The van der Waals surface area contributed by atoms with E-state index >= 15 is 0 Å². The summed E-state index contributed by atoms with van der Waals surface area (Å²) in [6, 6.07) is 18.2. The molecule has 1 aliphatic rings. The summed E-state index contributed by atoms with van der Waals surface area (Å²) in [5, 5.41) is 4.74. The van der Waals surface area contributed by atoms with Gasteiger partial charge in [0.2, 0.25) is 5.91 Å². The van der Waals surface area contributed by atoms with Gasteiger partial charge in [-0.05, 0) is 34.8 Å². The molecule has 2 aromatic heterocycles. The zero-order chi connectivity index (χ0) is 26.6. The molecule has 38 heavy (non-hydrogen) atoms. The van der Waals surface area contributed by atoms with Gasteiger partial charge >= 0.3 is 0 Å². The third-order valence-electron chi connectivity index (χ3n) is 6.71. The van der Waals surface area contributed by atoms with E-state index in [1.165, 1.54) is 13.2 Å². The van der Waals surface area contributed by atoms with Crippen molar-refractivity contribution in [3.8, 4) is 34.1 Å². The van der Waals surface area contributed by atoms with Crippen molar-refractivity contribution in [3.05, 3.63) is 72.8 Å². The number of ether oxygens (including phenoxy) is 2. The van der Waals surface area contributed by atoms with Gasteiger partial charge in [0.1, 0.15) is 6.54 Å². The number of methoxy groups -OCH3 is 2. The molecule has 3 heterocycles. The summed E-state index contributed by atoms with van der Waals surface area (Å²) in [6.07, 6.45) is 1.73. The first-order valence-corrected chi connectivity index (χ1v) is 12.4. The molecule has 0 unspecified atom stereocenters. The van der Waals surface area contributed by atoms with Gasteiger partial charge in [-0.2, -0.15) is 5.10 Å². The first-order chi connectivity index (χ1) is 18.5. The van der Waals surface area contributed by atoms with Crippen LogP contribution in [-0.4, -0.2) is 66.0 Å². The molecular weight excluding hydrogens is 487 g/mol. The van der Waals surface area contributed by atoms with Crippen LogP contribution < -0.4 is 18.9 Å². The number of halogens is 1. The van der Waals surface area contributed by atoms with Crippen LogP contribution in [-0.2, 0) is 18.4 Å². The van der Waals surface area contributed by atoms with Gasteiger partial charge in [-0.3, -0.25) is 9.48 Å². The summed E-state index contributed by atoms with van der Waals surface area (Å²) in [5.41, 5.74) is 3.09. The predicted molar refractivity (Wildman–Crippen MR) is 140 cm³/mol. The number of carbonyl (C=O) groups is 1. The quantitative estimate of drug-likeness (QED) is 0.351. The van der Waals surface area contributed by atoms with Gasteiger partial charge in [0.15, 0.2) is 11.6 Å². The van der Waals surface area contributed by atoms with E-state index in [9.17, 15) is 9.18 Å². The monoisotopic (exact) mass is 517 g/mol. The highest BCUT2D eigenvalue weighted by Crippen LogP contribution is 2.30. The lowest BCUT2D eigenvalue weighted by Crippen LogP contribution is -2.50. The van der Waals surface area contributed by atoms with Crippen LogP contribution in [0.4, 0.5) is 10.2 Å². The Morgan fingerprint density at radius 1 is 0.974 bits per heavy atom. The minimum atomic E-state index is -0.439. The van der Waals surface area contributed by atoms with E-state index in [1.807, 2.05) is 59.0 Å². The number of aryl methyl sites for hydroxylation is 1. The Bertz CT molecular complexity index is 1430. The molecule has 196 valence electrons. The Balaban J connectivity index is 1.34. The van der Waals surface area contributed by atoms with E-state index in [-0.39, 0.29) is 18.2 Å². The molecule has 2 aromatic carbocycles. The summed E-state index contributed by atoms with van der Waals surface area (Å²) < 4.78 is 28.1. The minimum absolute atomic E-state index is 0.0156. The number of hydrogen-bond acceptors (Lipinski definition) is 6. The standard InChI is InChI=1S/C28H30FN6O3/c1-32-19-30-26(17-28(32)38-3)33-11-13-34(14-12-33)27(36)18-35-24(20-7-5-4-6-8-20)16-23(31-35)21-9-10-22(29)25(15-21)37-2/h4-10,15-17,19H,11-14,18H2,1-3H3/q+1. The molecule has 10 heteroatoms. The Morgan fingerprint density at radius 3 is 2.45 bits per heavy atom. The van der Waals surface area contributed by atoms with E-state index in [2.05, 4.69) is 9.88 Å². The highest BCUT2D eigenvalue weighted by atomic mass is 19.1. The average molecular weight is 518 g/mol. The molecule has 1 aliphatic heterocycles. The van der Waals surface area contributed by atoms with Gasteiger partial charge in [0.05, 0.1) is 38.7 Å². The number of carbonyl (C=O) groups excluding carboxylic acids is 1. The maximum absolute atomic E-state index is 14.0. The second kappa shape index (κ2) is 10.9. The van der Waals surface area contributed by atoms with E-state index < -0.39 is 5.82 Å². The fraction of sp³-hybridized carbons (Fsp3) is 0.286. The minimum Gasteiger partial charge on any atom is -0.494 e. The lowest BCUT2D eigenvalue weighted by atomic mass is 10.1. The third kappa shape index (κ3) is 5.15. The summed E-state index contributed by atoms with van der Waals surface area (Å²) in [5.74, 6) is 1.23. The van der Waals surface area contributed by atoms with E-state index in [0.29, 0.717) is 37.4 Å². The summed E-state index contributed by atoms with van der Waals surface area (Å²) in [4.78, 5) is 21.9. The number of piperazine rings is 1. The number of amides is 1. The van der Waals surface area contributed by atoms with E-state index in [1.54, 1.807) is 30.3 Å². The van der Waals surface area contributed by atoms with Crippen molar-refractivity contribution in [2.75, 3.05) is 45.3 Å². The van der Waals surface area contributed by atoms with Gasteiger partial charge in [0, 0.05) is 31.7 Å². The van der Waals surface area contributed by atoms with Crippen molar-refractivity contribution in [1.29, 1.82) is 0 Å². The van der Waals surface area contributed by atoms with Crippen molar-refractivity contribution < 1.29 is 23.2 Å². The van der Waals surface area contributed by atoms with Gasteiger partial charge in [-0.25, -0.2) is 8.96 Å². The topological polar surface area (TPSA) is 76.6 Å². The van der Waals surface area contributed by atoms with Gasteiger partial charge in [-0.1, -0.05) is 30.3 Å². The Morgan fingerprint density at radius 2 is 1.74 bits per heavy atom. The highest BCUT2D eigenvalue weighted by molar-refractivity contribution is 5.78. The van der Waals surface area contributed by atoms with Crippen LogP contribution >= 0.6 is 0 Å². The molecule has 0 N–H and O–H groups in total. The molecular formula is C28H30FN6O3+. The molecule has 4 aromatic rings. The number of aromatic nitrogens is 4. The maximum Gasteiger partial charge on any atom is 0.291 e. The molecule has 0 radical (unpaired) electrons. The number of anilines is 1. The third-order valence-corrected chi connectivity index (χ3v) is 6.71. The molecule has 5 rings (SSSR count). The van der Waals surface area contributed by atoms with Crippen LogP contribution in [0.2, 0.25) is 0 Å². The first-order valence-electron chi connectivity index (χ1n) is 12.4. The Kier molecular flexibility index (Phi) is 7.21. The van der Waals surface area contributed by atoms with Crippen molar-refractivity contribution in [2.24, 2.45) is 7.05 Å². The lowest BCUT2D eigenvalue weighted by molar-refractivity contribution is -0.679. The largest absolute Gasteiger partial charge is 0.494 e. The van der Waals surface area contributed by atoms with Crippen LogP contribution in [0.3, 0.4) is 0 Å². The Labute approximate surface area is 220 Å². The van der Waals surface area contributed by atoms with Crippen LogP contribution in [0.25, 0.3) is 22.5 Å². The Hall–Kier alpha value is -4.47. The molecule has 1 fully saturated rings. The second-order valence-electron chi connectivity index (χ2n) is 9.06. The number of benzene rings is 2. The summed E-state index contributed by atoms with van der Waals surface area (Å²) in [7, 11) is 4.94. The number of nitrogens with zero attached hydrogens (tertiary/aromatic N) is 6. The molecule has 9 nitrogen and oxygen atoms in total. The fourth-order valence-corrected chi connectivity index (χ4v) is 4.58. The average Bonchev–Trinajstić information content (AvgIpc) is 3.37. The van der Waals surface area contributed by atoms with Gasteiger partial charge < -0.3 is 19.3 Å². The molecule has 1 amide bonds. The summed E-state index contributed by atoms with van der Waals surface area (Å²) in [6.45, 7) is 2.58. The highest BCUT2D eigenvalue weighted by Gasteiger charge is 2.26. The lowest BCUT2D eigenvalue weighted by Gasteiger charge is -2.34. The van der Waals surface area contributed by atoms with Crippen LogP contribution in [0.5, 0.6) is 11.6 Å². The predicted octanol–water partition coefficient (Wildman–Crippen LogP) is 2.94. The zero-order valence-electron chi connectivity index (χ0n) is 21.7. The van der Waals surface area contributed by atoms with Crippen molar-refractivity contribution >= 4 is 11.7 Å². The van der Waals surface area contributed by atoms with Crippen LogP contribution in [0.1, 0.15) is 0 Å².